The lowest BCUT2D eigenvalue weighted by Gasteiger charge is -2.26. The maximum atomic E-state index is 14.0. The Hall–Kier alpha value is -3.39. The van der Waals surface area contributed by atoms with Crippen LogP contribution < -0.4 is 4.74 Å². The van der Waals surface area contributed by atoms with Gasteiger partial charge in [-0.2, -0.15) is 5.10 Å². The third-order valence-electron chi connectivity index (χ3n) is 6.41. The molecule has 6 nitrogen and oxygen atoms in total. The van der Waals surface area contributed by atoms with Gasteiger partial charge in [-0.3, -0.25) is 4.79 Å². The van der Waals surface area contributed by atoms with Crippen molar-refractivity contribution >= 4 is 29.1 Å². The van der Waals surface area contributed by atoms with Crippen LogP contribution in [0.25, 0.3) is 5.69 Å². The largest absolute Gasteiger partial charge is 0.438 e. The number of aromatic nitrogens is 2. The highest BCUT2D eigenvalue weighted by Gasteiger charge is 2.28. The molecule has 4 aromatic rings. The van der Waals surface area contributed by atoms with Crippen LogP contribution in [0.2, 0.25) is 10.0 Å². The Morgan fingerprint density at radius 1 is 1.13 bits per heavy atom. The molecule has 0 radical (unpaired) electrons. The molecule has 1 amide bonds. The fourth-order valence-corrected chi connectivity index (χ4v) is 4.82. The molecule has 1 fully saturated rings. The van der Waals surface area contributed by atoms with Gasteiger partial charge in [0.1, 0.15) is 11.6 Å². The molecule has 2 heterocycles. The molecule has 0 bridgehead atoms. The first-order chi connectivity index (χ1) is 18.4. The van der Waals surface area contributed by atoms with Crippen LogP contribution in [0.1, 0.15) is 34.5 Å². The summed E-state index contributed by atoms with van der Waals surface area (Å²) >= 11 is 12.5. The molecule has 38 heavy (non-hydrogen) atoms. The number of carbonyl (C=O) groups is 1. The van der Waals surface area contributed by atoms with Gasteiger partial charge in [-0.1, -0.05) is 41.4 Å². The summed E-state index contributed by atoms with van der Waals surface area (Å²) in [4.78, 5) is 15.5. The van der Waals surface area contributed by atoms with E-state index < -0.39 is 5.82 Å². The summed E-state index contributed by atoms with van der Waals surface area (Å²) < 4.78 is 27.7. The van der Waals surface area contributed by atoms with E-state index in [1.165, 1.54) is 12.1 Å². The number of amides is 1. The van der Waals surface area contributed by atoms with E-state index in [0.29, 0.717) is 57.3 Å². The van der Waals surface area contributed by atoms with Crippen LogP contribution >= 0.6 is 23.2 Å². The van der Waals surface area contributed by atoms with Crippen molar-refractivity contribution < 1.29 is 18.7 Å². The number of rotatable bonds is 8. The molecule has 1 aromatic heterocycles. The third-order valence-corrected chi connectivity index (χ3v) is 6.99. The highest BCUT2D eigenvalue weighted by Crippen LogP contribution is 2.33. The Kier molecular flexibility index (Phi) is 7.98. The Balaban J connectivity index is 1.57. The lowest BCUT2D eigenvalue weighted by Crippen LogP contribution is -2.37. The van der Waals surface area contributed by atoms with Gasteiger partial charge in [0.2, 0.25) is 5.88 Å². The van der Waals surface area contributed by atoms with Gasteiger partial charge in [-0.25, -0.2) is 9.07 Å². The maximum Gasteiger partial charge on any atom is 0.255 e. The van der Waals surface area contributed by atoms with E-state index in [4.69, 9.17) is 37.8 Å². The number of hydrogen-bond acceptors (Lipinski definition) is 4. The molecule has 1 saturated heterocycles. The molecule has 0 aliphatic carbocycles. The summed E-state index contributed by atoms with van der Waals surface area (Å²) in [7, 11) is 0. The van der Waals surface area contributed by atoms with Crippen molar-refractivity contribution in [3.63, 3.8) is 0 Å². The number of carbonyl (C=O) groups excluding carboxylic acids is 1. The first-order valence-corrected chi connectivity index (χ1v) is 13.1. The molecule has 3 aromatic carbocycles. The molecule has 196 valence electrons. The predicted molar refractivity (Wildman–Crippen MR) is 145 cm³/mol. The number of halogens is 3. The second-order valence-electron chi connectivity index (χ2n) is 9.12. The van der Waals surface area contributed by atoms with Crippen LogP contribution in [0, 0.1) is 12.7 Å². The van der Waals surface area contributed by atoms with E-state index in [1.54, 1.807) is 58.1 Å². The standard InChI is InChI=1S/C29H26Cl2FN3O3/c1-19-26(18-34(17-24-8-5-15-37-24)28(36)25-9-2-3-10-27(25)31)29(38-23-7-4-6-21(32)16-23)35(33-19)22-13-11-20(30)12-14-22/h2-4,6-7,9-14,16,24H,5,8,15,17-18H2,1H3. The average molecular weight is 554 g/mol. The summed E-state index contributed by atoms with van der Waals surface area (Å²) in [5.41, 5.74) is 2.46. The normalized spacial score (nSPS) is 15.0. The monoisotopic (exact) mass is 553 g/mol. The Bertz CT molecular complexity index is 1440. The number of benzene rings is 3. The van der Waals surface area contributed by atoms with Gasteiger partial charge in [0, 0.05) is 24.2 Å². The minimum atomic E-state index is -0.424. The van der Waals surface area contributed by atoms with E-state index in [2.05, 4.69) is 0 Å². The summed E-state index contributed by atoms with van der Waals surface area (Å²) in [6, 6.07) is 20.0. The molecule has 1 atom stereocenters. The average Bonchev–Trinajstić information content (AvgIpc) is 3.52. The third kappa shape index (κ3) is 5.85. The fraction of sp³-hybridized carbons (Fsp3) is 0.241. The highest BCUT2D eigenvalue weighted by molar-refractivity contribution is 6.33. The van der Waals surface area contributed by atoms with Crippen molar-refractivity contribution in [2.75, 3.05) is 13.2 Å². The van der Waals surface area contributed by atoms with Crippen molar-refractivity contribution in [1.82, 2.24) is 14.7 Å². The van der Waals surface area contributed by atoms with Crippen LogP contribution in [0.15, 0.2) is 72.8 Å². The molecule has 0 saturated carbocycles. The molecule has 9 heteroatoms. The number of aryl methyl sites for hydroxylation is 1. The quantitative estimate of drug-likeness (QED) is 0.231. The minimum Gasteiger partial charge on any atom is -0.438 e. The van der Waals surface area contributed by atoms with Gasteiger partial charge in [0.05, 0.1) is 40.2 Å². The van der Waals surface area contributed by atoms with Crippen molar-refractivity contribution in [2.24, 2.45) is 0 Å². The Labute approximate surface area is 230 Å². The summed E-state index contributed by atoms with van der Waals surface area (Å²) in [5.74, 6) is 0.0397. The topological polar surface area (TPSA) is 56.6 Å². The molecule has 1 aliphatic heterocycles. The summed E-state index contributed by atoms with van der Waals surface area (Å²) in [5, 5.41) is 5.68. The number of ether oxygens (including phenoxy) is 2. The van der Waals surface area contributed by atoms with E-state index in [0.717, 1.165) is 12.8 Å². The number of nitrogens with zero attached hydrogens (tertiary/aromatic N) is 3. The van der Waals surface area contributed by atoms with Crippen LogP contribution in [0.3, 0.4) is 0 Å². The van der Waals surface area contributed by atoms with Crippen molar-refractivity contribution in [1.29, 1.82) is 0 Å². The molecular formula is C29H26Cl2FN3O3. The zero-order valence-corrected chi connectivity index (χ0v) is 22.3. The molecular weight excluding hydrogens is 528 g/mol. The van der Waals surface area contributed by atoms with Crippen molar-refractivity contribution in [2.45, 2.75) is 32.4 Å². The van der Waals surface area contributed by atoms with Gasteiger partial charge >= 0.3 is 0 Å². The first-order valence-electron chi connectivity index (χ1n) is 12.3. The van der Waals surface area contributed by atoms with E-state index in [9.17, 15) is 9.18 Å². The number of hydrogen-bond donors (Lipinski definition) is 0. The van der Waals surface area contributed by atoms with Crippen LogP contribution in [-0.2, 0) is 11.3 Å². The van der Waals surface area contributed by atoms with Crippen LogP contribution in [0.4, 0.5) is 4.39 Å². The second-order valence-corrected chi connectivity index (χ2v) is 9.96. The zero-order valence-electron chi connectivity index (χ0n) is 20.7. The summed E-state index contributed by atoms with van der Waals surface area (Å²) in [6.45, 7) is 3.09. The van der Waals surface area contributed by atoms with Gasteiger partial charge in [-0.05, 0) is 68.3 Å². The van der Waals surface area contributed by atoms with Crippen molar-refractivity contribution in [3.8, 4) is 17.3 Å². The van der Waals surface area contributed by atoms with E-state index in [-0.39, 0.29) is 18.6 Å². The highest BCUT2D eigenvalue weighted by atomic mass is 35.5. The fourth-order valence-electron chi connectivity index (χ4n) is 4.47. The molecule has 5 rings (SSSR count). The molecule has 1 unspecified atom stereocenters. The summed E-state index contributed by atoms with van der Waals surface area (Å²) in [6.07, 6.45) is 1.73. The minimum absolute atomic E-state index is 0.0827. The van der Waals surface area contributed by atoms with Gasteiger partial charge in [0.15, 0.2) is 0 Å². The predicted octanol–water partition coefficient (Wildman–Crippen LogP) is 7.24. The maximum absolute atomic E-state index is 14.0. The first kappa shape index (κ1) is 26.2. The van der Waals surface area contributed by atoms with Gasteiger partial charge in [0.25, 0.3) is 5.91 Å². The van der Waals surface area contributed by atoms with Crippen LogP contribution in [0.5, 0.6) is 11.6 Å². The lowest BCUT2D eigenvalue weighted by atomic mass is 10.1. The molecule has 0 N–H and O–H groups in total. The van der Waals surface area contributed by atoms with Crippen molar-refractivity contribution in [3.05, 3.63) is 105 Å². The molecule has 0 spiro atoms. The van der Waals surface area contributed by atoms with E-state index in [1.807, 2.05) is 19.1 Å². The zero-order chi connectivity index (χ0) is 26.6. The smallest absolute Gasteiger partial charge is 0.255 e. The van der Waals surface area contributed by atoms with E-state index >= 15 is 0 Å². The SMILES string of the molecule is Cc1nn(-c2ccc(Cl)cc2)c(Oc2cccc(F)c2)c1CN(CC1CCCO1)C(=O)c1ccccc1Cl. The van der Waals surface area contributed by atoms with Crippen LogP contribution in [-0.4, -0.2) is 39.8 Å². The lowest BCUT2D eigenvalue weighted by molar-refractivity contribution is 0.0505. The van der Waals surface area contributed by atoms with Gasteiger partial charge < -0.3 is 14.4 Å². The second kappa shape index (κ2) is 11.6. The Morgan fingerprint density at radius 2 is 1.92 bits per heavy atom. The Morgan fingerprint density at radius 3 is 2.63 bits per heavy atom. The van der Waals surface area contributed by atoms with Gasteiger partial charge in [-0.15, -0.1) is 0 Å². The molecule has 1 aliphatic rings.